The third kappa shape index (κ3) is 3.48. The normalized spacial score (nSPS) is 18.3. The highest BCUT2D eigenvalue weighted by atomic mass is 19.1. The predicted octanol–water partition coefficient (Wildman–Crippen LogP) is 2.95. The van der Waals surface area contributed by atoms with E-state index in [1.165, 1.54) is 18.3 Å². The molecule has 2 bridgehead atoms. The lowest BCUT2D eigenvalue weighted by atomic mass is 9.94. The van der Waals surface area contributed by atoms with Gasteiger partial charge in [0, 0.05) is 41.7 Å². The zero-order chi connectivity index (χ0) is 22.1. The lowest BCUT2D eigenvalue weighted by Gasteiger charge is -2.23. The number of pyridine rings is 1. The average molecular weight is 417 g/mol. The second kappa shape index (κ2) is 7.91. The van der Waals surface area contributed by atoms with Crippen molar-refractivity contribution in [3.05, 3.63) is 71.2 Å². The van der Waals surface area contributed by atoms with Gasteiger partial charge in [0.25, 0.3) is 0 Å². The highest BCUT2D eigenvalue weighted by molar-refractivity contribution is 6.13. The van der Waals surface area contributed by atoms with E-state index in [0.29, 0.717) is 46.0 Å². The van der Waals surface area contributed by atoms with Crippen LogP contribution in [-0.2, 0) is 6.54 Å². The largest absolute Gasteiger partial charge is 0.482 e. The van der Waals surface area contributed by atoms with Crippen molar-refractivity contribution in [1.82, 2.24) is 14.5 Å². The minimum absolute atomic E-state index is 0.183. The predicted molar refractivity (Wildman–Crippen MR) is 115 cm³/mol. The van der Waals surface area contributed by atoms with E-state index in [0.717, 1.165) is 0 Å². The standard InChI is InChI=1S/C22H20FN7O/c1-12-17-6-15(23)3-4-16(17)20(27-2)14(7-24)10-30-11-29-18(8-25)21(30)13-5-19(31-12)22(26)28-9-13/h3-7,9,11-12H,10,24H2,1-2H3,(H2,26,28). The van der Waals surface area contributed by atoms with Gasteiger partial charge in [-0.2, -0.15) is 5.26 Å². The first-order chi connectivity index (χ1) is 15.0. The second-order valence-corrected chi connectivity index (χ2v) is 7.04. The van der Waals surface area contributed by atoms with Crippen molar-refractivity contribution < 1.29 is 9.13 Å². The summed E-state index contributed by atoms with van der Waals surface area (Å²) < 4.78 is 22.0. The van der Waals surface area contributed by atoms with Gasteiger partial charge in [-0.05, 0) is 31.2 Å². The van der Waals surface area contributed by atoms with Crippen LogP contribution in [-0.4, -0.2) is 27.3 Å². The molecule has 2 aromatic heterocycles. The Bertz CT molecular complexity index is 1270. The fraction of sp³-hybridized carbons (Fsp3) is 0.182. The van der Waals surface area contributed by atoms with Gasteiger partial charge in [-0.15, -0.1) is 0 Å². The summed E-state index contributed by atoms with van der Waals surface area (Å²) in [5.74, 6) is 0.106. The van der Waals surface area contributed by atoms with Crippen LogP contribution in [0.5, 0.6) is 5.75 Å². The van der Waals surface area contributed by atoms with E-state index in [4.69, 9.17) is 16.2 Å². The molecule has 0 saturated carbocycles. The quantitative estimate of drug-likeness (QED) is 0.579. The summed E-state index contributed by atoms with van der Waals surface area (Å²) in [6.07, 6.45) is 4.00. The molecule has 3 heterocycles. The number of anilines is 1. The molecule has 0 saturated heterocycles. The molecule has 0 amide bonds. The number of aromatic nitrogens is 3. The summed E-state index contributed by atoms with van der Waals surface area (Å²) in [5.41, 5.74) is 15.9. The monoisotopic (exact) mass is 417 g/mol. The minimum atomic E-state index is -0.569. The van der Waals surface area contributed by atoms with Crippen molar-refractivity contribution in [1.29, 1.82) is 5.26 Å². The van der Waals surface area contributed by atoms with Gasteiger partial charge >= 0.3 is 0 Å². The lowest BCUT2D eigenvalue weighted by molar-refractivity contribution is 0.227. The van der Waals surface area contributed by atoms with Crippen LogP contribution in [0.2, 0.25) is 0 Å². The molecule has 0 aliphatic carbocycles. The number of hydrogen-bond acceptors (Lipinski definition) is 7. The number of imidazole rings is 1. The second-order valence-electron chi connectivity index (χ2n) is 7.04. The molecule has 0 spiro atoms. The van der Waals surface area contributed by atoms with Crippen LogP contribution >= 0.6 is 0 Å². The number of rotatable bonds is 0. The van der Waals surface area contributed by atoms with Gasteiger partial charge < -0.3 is 20.8 Å². The summed E-state index contributed by atoms with van der Waals surface area (Å²) in [6.45, 7) is 2.08. The first kappa shape index (κ1) is 20.1. The van der Waals surface area contributed by atoms with Gasteiger partial charge in [-0.1, -0.05) is 0 Å². The minimum Gasteiger partial charge on any atom is -0.482 e. The highest BCUT2D eigenvalue weighted by Gasteiger charge is 2.24. The van der Waals surface area contributed by atoms with E-state index in [1.807, 2.05) is 0 Å². The van der Waals surface area contributed by atoms with E-state index in [1.54, 1.807) is 43.2 Å². The van der Waals surface area contributed by atoms with Crippen molar-refractivity contribution in [2.24, 2.45) is 10.7 Å². The van der Waals surface area contributed by atoms with Gasteiger partial charge in [0.1, 0.15) is 18.0 Å². The Labute approximate surface area is 178 Å². The summed E-state index contributed by atoms with van der Waals surface area (Å²) in [6, 6.07) is 8.23. The lowest BCUT2D eigenvalue weighted by Crippen LogP contribution is -2.18. The van der Waals surface area contributed by atoms with Gasteiger partial charge in [-0.3, -0.25) is 4.99 Å². The number of nitrogens with two attached hydrogens (primary N) is 2. The number of allylic oxidation sites excluding steroid dienone is 1. The molecule has 9 heteroatoms. The average Bonchev–Trinajstić information content (AvgIpc) is 3.17. The molecule has 156 valence electrons. The van der Waals surface area contributed by atoms with Crippen molar-refractivity contribution >= 4 is 11.5 Å². The van der Waals surface area contributed by atoms with Gasteiger partial charge in [0.05, 0.1) is 24.3 Å². The molecule has 0 radical (unpaired) electrons. The first-order valence-electron chi connectivity index (χ1n) is 9.52. The van der Waals surface area contributed by atoms with Crippen molar-refractivity contribution in [2.45, 2.75) is 19.6 Å². The van der Waals surface area contributed by atoms with Gasteiger partial charge in [0.2, 0.25) is 0 Å². The number of fused-ring (bicyclic) bond motifs is 5. The van der Waals surface area contributed by atoms with Crippen molar-refractivity contribution in [3.63, 3.8) is 0 Å². The number of nitrogen functional groups attached to an aromatic ring is 1. The smallest absolute Gasteiger partial charge is 0.166 e. The number of hydrogen-bond donors (Lipinski definition) is 2. The maximum Gasteiger partial charge on any atom is 0.166 e. The van der Waals surface area contributed by atoms with Crippen LogP contribution in [0.15, 0.2) is 53.6 Å². The molecule has 4 rings (SSSR count). The number of halogens is 1. The maximum absolute atomic E-state index is 14.2. The molecule has 3 aromatic rings. The van der Waals surface area contributed by atoms with Crippen molar-refractivity contribution in [2.75, 3.05) is 12.8 Å². The Balaban J connectivity index is 2.02. The Morgan fingerprint density at radius 2 is 2.16 bits per heavy atom. The number of ether oxygens (including phenoxy) is 1. The molecular formula is C22H20FN7O. The summed E-state index contributed by atoms with van der Waals surface area (Å²) in [7, 11) is 1.64. The van der Waals surface area contributed by atoms with Crippen LogP contribution < -0.4 is 16.2 Å². The van der Waals surface area contributed by atoms with E-state index >= 15 is 0 Å². The Morgan fingerprint density at radius 3 is 2.87 bits per heavy atom. The Hall–Kier alpha value is -4.19. The van der Waals surface area contributed by atoms with Gasteiger partial charge in [-0.25, -0.2) is 14.4 Å². The number of nitriles is 1. The summed E-state index contributed by atoms with van der Waals surface area (Å²) in [5, 5.41) is 9.58. The third-order valence-electron chi connectivity index (χ3n) is 5.18. The molecule has 31 heavy (non-hydrogen) atoms. The van der Waals surface area contributed by atoms with E-state index in [-0.39, 0.29) is 11.5 Å². The van der Waals surface area contributed by atoms with Crippen LogP contribution in [0, 0.1) is 17.1 Å². The molecule has 1 atom stereocenters. The molecule has 8 nitrogen and oxygen atoms in total. The Kier molecular flexibility index (Phi) is 5.13. The van der Waals surface area contributed by atoms with Crippen LogP contribution in [0.3, 0.4) is 0 Å². The first-order valence-corrected chi connectivity index (χ1v) is 9.52. The molecular weight excluding hydrogens is 397 g/mol. The van der Waals surface area contributed by atoms with E-state index in [2.05, 4.69) is 21.0 Å². The molecule has 1 aliphatic heterocycles. The van der Waals surface area contributed by atoms with Crippen molar-refractivity contribution in [3.8, 4) is 23.1 Å². The Morgan fingerprint density at radius 1 is 1.35 bits per heavy atom. The van der Waals surface area contributed by atoms with E-state index in [9.17, 15) is 9.65 Å². The zero-order valence-corrected chi connectivity index (χ0v) is 17.0. The SMILES string of the molecule is CN=C1C(=CN)Cn2cnc(C#N)c2-c2cnc(N)c(c2)OC(C)c2cc(F)ccc21. The molecule has 4 N–H and O–H groups in total. The summed E-state index contributed by atoms with van der Waals surface area (Å²) in [4.78, 5) is 12.9. The van der Waals surface area contributed by atoms with Gasteiger partial charge in [0.15, 0.2) is 17.3 Å². The number of benzene rings is 1. The topological polar surface area (TPSA) is 128 Å². The molecule has 0 fully saturated rings. The number of aliphatic imine (C=N–C) groups is 1. The highest BCUT2D eigenvalue weighted by Crippen LogP contribution is 2.34. The number of nitrogens with zero attached hydrogens (tertiary/aromatic N) is 5. The van der Waals surface area contributed by atoms with Crippen LogP contribution in [0.25, 0.3) is 11.3 Å². The van der Waals surface area contributed by atoms with Crippen LogP contribution in [0.4, 0.5) is 10.2 Å². The molecule has 1 aromatic carbocycles. The molecule has 1 aliphatic rings. The van der Waals surface area contributed by atoms with E-state index < -0.39 is 11.9 Å². The fourth-order valence-electron chi connectivity index (χ4n) is 3.73. The third-order valence-corrected chi connectivity index (χ3v) is 5.18. The fourth-order valence-corrected chi connectivity index (χ4v) is 3.73. The van der Waals surface area contributed by atoms with Crippen LogP contribution in [0.1, 0.15) is 29.8 Å². The summed E-state index contributed by atoms with van der Waals surface area (Å²) >= 11 is 0. The maximum atomic E-state index is 14.2. The zero-order valence-electron chi connectivity index (χ0n) is 17.0. The molecule has 1 unspecified atom stereocenters.